The average molecular weight is 298 g/mol. The van der Waals surface area contributed by atoms with Crippen LogP contribution in [0.25, 0.3) is 16.7 Å². The summed E-state index contributed by atoms with van der Waals surface area (Å²) >= 11 is 5.60. The highest BCUT2D eigenvalue weighted by Crippen LogP contribution is 2.27. The van der Waals surface area contributed by atoms with E-state index in [4.69, 9.17) is 17.3 Å². The number of nitrogens with zero attached hydrogens (tertiary/aromatic N) is 2. The van der Waals surface area contributed by atoms with E-state index in [-0.39, 0.29) is 27.7 Å². The lowest BCUT2D eigenvalue weighted by atomic mass is 10.2. The van der Waals surface area contributed by atoms with Crippen LogP contribution in [0.2, 0.25) is 5.02 Å². The molecule has 0 unspecified atom stereocenters. The fourth-order valence-corrected chi connectivity index (χ4v) is 2.13. The Morgan fingerprint density at radius 2 is 1.80 bits per heavy atom. The van der Waals surface area contributed by atoms with Crippen LogP contribution in [0.5, 0.6) is 0 Å². The minimum absolute atomic E-state index is 0.0610. The van der Waals surface area contributed by atoms with E-state index in [0.29, 0.717) is 6.07 Å². The molecule has 1 aromatic heterocycles. The van der Waals surface area contributed by atoms with E-state index < -0.39 is 17.5 Å². The van der Waals surface area contributed by atoms with Gasteiger partial charge in [-0.15, -0.1) is 0 Å². The molecule has 0 aliphatic heterocycles. The van der Waals surface area contributed by atoms with Crippen LogP contribution < -0.4 is 5.73 Å². The molecule has 3 aromatic rings. The van der Waals surface area contributed by atoms with Crippen LogP contribution in [0.4, 0.5) is 19.1 Å². The highest BCUT2D eigenvalue weighted by molar-refractivity contribution is 6.30. The lowest BCUT2D eigenvalue weighted by Crippen LogP contribution is -2.01. The first-order valence-electron chi connectivity index (χ1n) is 5.56. The standard InChI is InChI=1S/C13H7ClF3N3/c14-8-2-1-7(5-9(8)16)20-11-4-6(15)3-10(17)12(11)19-13(20)18/h1-5H,(H2,18,19). The number of nitrogen functional groups attached to an aromatic ring is 1. The van der Waals surface area contributed by atoms with Gasteiger partial charge >= 0.3 is 0 Å². The first-order valence-corrected chi connectivity index (χ1v) is 5.93. The van der Waals surface area contributed by atoms with E-state index in [2.05, 4.69) is 4.98 Å². The van der Waals surface area contributed by atoms with Gasteiger partial charge in [0.1, 0.15) is 17.2 Å². The minimum atomic E-state index is -0.833. The molecule has 0 atom stereocenters. The molecule has 0 aliphatic carbocycles. The van der Waals surface area contributed by atoms with Crippen molar-refractivity contribution in [2.75, 3.05) is 5.73 Å². The molecule has 1 heterocycles. The van der Waals surface area contributed by atoms with Crippen LogP contribution >= 0.6 is 11.6 Å². The van der Waals surface area contributed by atoms with Gasteiger partial charge in [-0.2, -0.15) is 0 Å². The van der Waals surface area contributed by atoms with Crippen LogP contribution in [0.15, 0.2) is 30.3 Å². The SMILES string of the molecule is Nc1nc2c(F)cc(F)cc2n1-c1ccc(Cl)c(F)c1. The molecule has 2 N–H and O–H groups in total. The van der Waals surface area contributed by atoms with Crippen molar-refractivity contribution in [3.05, 3.63) is 52.8 Å². The molecule has 0 aliphatic rings. The van der Waals surface area contributed by atoms with Gasteiger partial charge in [-0.05, 0) is 18.2 Å². The highest BCUT2D eigenvalue weighted by Gasteiger charge is 2.16. The normalized spacial score (nSPS) is 11.2. The van der Waals surface area contributed by atoms with E-state index in [1.54, 1.807) is 0 Å². The summed E-state index contributed by atoms with van der Waals surface area (Å²) in [5.41, 5.74) is 6.00. The van der Waals surface area contributed by atoms with Crippen molar-refractivity contribution in [2.24, 2.45) is 0 Å². The van der Waals surface area contributed by atoms with E-state index in [0.717, 1.165) is 12.1 Å². The van der Waals surface area contributed by atoms with Crippen molar-refractivity contribution >= 4 is 28.6 Å². The molecule has 0 spiro atoms. The average Bonchev–Trinajstić information content (AvgIpc) is 2.70. The van der Waals surface area contributed by atoms with Gasteiger partial charge in [0, 0.05) is 12.1 Å². The van der Waals surface area contributed by atoms with Crippen LogP contribution in [-0.4, -0.2) is 9.55 Å². The fraction of sp³-hybridized carbons (Fsp3) is 0. The predicted molar refractivity (Wildman–Crippen MR) is 70.4 cm³/mol. The Morgan fingerprint density at radius 3 is 2.50 bits per heavy atom. The topological polar surface area (TPSA) is 43.8 Å². The van der Waals surface area contributed by atoms with Gasteiger partial charge in [0.25, 0.3) is 0 Å². The Hall–Kier alpha value is -2.21. The first-order chi connectivity index (χ1) is 9.47. The molecule has 2 aromatic carbocycles. The summed E-state index contributed by atoms with van der Waals surface area (Å²) in [5, 5.41) is -0.0610. The zero-order chi connectivity index (χ0) is 14.4. The van der Waals surface area contributed by atoms with Gasteiger partial charge in [0.05, 0.1) is 16.2 Å². The van der Waals surface area contributed by atoms with Gasteiger partial charge in [0.15, 0.2) is 5.82 Å². The third-order valence-corrected chi connectivity index (χ3v) is 3.17. The molecule has 0 radical (unpaired) electrons. The lowest BCUT2D eigenvalue weighted by molar-refractivity contribution is 0.590. The molecule has 0 bridgehead atoms. The summed E-state index contributed by atoms with van der Waals surface area (Å²) < 4.78 is 41.7. The molecule has 0 fully saturated rings. The summed E-state index contributed by atoms with van der Waals surface area (Å²) in [7, 11) is 0. The van der Waals surface area contributed by atoms with Crippen molar-refractivity contribution in [2.45, 2.75) is 0 Å². The zero-order valence-electron chi connectivity index (χ0n) is 9.87. The monoisotopic (exact) mass is 297 g/mol. The van der Waals surface area contributed by atoms with Crippen LogP contribution in [0.1, 0.15) is 0 Å². The third-order valence-electron chi connectivity index (χ3n) is 2.87. The number of fused-ring (bicyclic) bond motifs is 1. The van der Waals surface area contributed by atoms with E-state index in [1.807, 2.05) is 0 Å². The Kier molecular flexibility index (Phi) is 2.83. The summed E-state index contributed by atoms with van der Waals surface area (Å²) in [6.45, 7) is 0. The van der Waals surface area contributed by atoms with Gasteiger partial charge in [-0.25, -0.2) is 18.2 Å². The largest absolute Gasteiger partial charge is 0.369 e. The number of benzene rings is 2. The number of halogens is 4. The van der Waals surface area contributed by atoms with Crippen molar-refractivity contribution < 1.29 is 13.2 Å². The molecule has 0 saturated heterocycles. The molecule has 3 nitrogen and oxygen atoms in total. The second-order valence-electron chi connectivity index (χ2n) is 4.16. The quantitative estimate of drug-likeness (QED) is 0.744. The Balaban J connectivity index is 2.35. The molecular formula is C13H7ClF3N3. The van der Waals surface area contributed by atoms with Crippen LogP contribution in [-0.2, 0) is 0 Å². The minimum Gasteiger partial charge on any atom is -0.369 e. The summed E-state index contributed by atoms with van der Waals surface area (Å²) in [6, 6.07) is 5.71. The van der Waals surface area contributed by atoms with Crippen molar-refractivity contribution in [3.63, 3.8) is 0 Å². The number of aromatic nitrogens is 2. The Morgan fingerprint density at radius 1 is 1.05 bits per heavy atom. The van der Waals surface area contributed by atoms with Gasteiger partial charge < -0.3 is 5.73 Å². The Bertz CT molecular complexity index is 829. The maximum Gasteiger partial charge on any atom is 0.206 e. The molecule has 0 saturated carbocycles. The maximum absolute atomic E-state index is 13.6. The number of rotatable bonds is 1. The molecule has 20 heavy (non-hydrogen) atoms. The molecular weight excluding hydrogens is 291 g/mol. The summed E-state index contributed by atoms with van der Waals surface area (Å²) in [5.74, 6) is -2.35. The second kappa shape index (κ2) is 4.42. The lowest BCUT2D eigenvalue weighted by Gasteiger charge is -2.07. The number of imidazole rings is 1. The van der Waals surface area contributed by atoms with E-state index in [9.17, 15) is 13.2 Å². The number of nitrogens with two attached hydrogens (primary N) is 1. The number of anilines is 1. The number of hydrogen-bond acceptors (Lipinski definition) is 2. The maximum atomic E-state index is 13.6. The van der Waals surface area contributed by atoms with Gasteiger partial charge in [0.2, 0.25) is 5.95 Å². The predicted octanol–water partition coefficient (Wildman–Crippen LogP) is 3.68. The van der Waals surface area contributed by atoms with Gasteiger partial charge in [-0.1, -0.05) is 11.6 Å². The van der Waals surface area contributed by atoms with E-state index >= 15 is 0 Å². The third kappa shape index (κ3) is 1.89. The Labute approximate surface area is 116 Å². The van der Waals surface area contributed by atoms with Crippen molar-refractivity contribution in [1.82, 2.24) is 9.55 Å². The summed E-state index contributed by atoms with van der Waals surface area (Å²) in [6.07, 6.45) is 0. The van der Waals surface area contributed by atoms with Gasteiger partial charge in [-0.3, -0.25) is 4.57 Å². The van der Waals surface area contributed by atoms with E-state index in [1.165, 1.54) is 16.7 Å². The molecule has 3 rings (SSSR count). The zero-order valence-corrected chi connectivity index (χ0v) is 10.6. The summed E-state index contributed by atoms with van der Waals surface area (Å²) in [4.78, 5) is 3.83. The molecule has 7 heteroatoms. The van der Waals surface area contributed by atoms with Crippen LogP contribution in [0.3, 0.4) is 0 Å². The second-order valence-corrected chi connectivity index (χ2v) is 4.57. The first kappa shape index (κ1) is 12.8. The molecule has 0 amide bonds. The number of hydrogen-bond donors (Lipinski definition) is 1. The van der Waals surface area contributed by atoms with Crippen LogP contribution in [0, 0.1) is 17.5 Å². The van der Waals surface area contributed by atoms with Crippen molar-refractivity contribution in [1.29, 1.82) is 0 Å². The smallest absolute Gasteiger partial charge is 0.206 e. The highest BCUT2D eigenvalue weighted by atomic mass is 35.5. The van der Waals surface area contributed by atoms with Crippen molar-refractivity contribution in [3.8, 4) is 5.69 Å². The fourth-order valence-electron chi connectivity index (χ4n) is 2.02. The molecule has 102 valence electrons.